The van der Waals surface area contributed by atoms with Gasteiger partial charge in [0.1, 0.15) is 0 Å². The average molecular weight is 262 g/mol. The van der Waals surface area contributed by atoms with Gasteiger partial charge in [-0.2, -0.15) is 0 Å². The fraction of sp³-hybridized carbons (Fsp3) is 0.533. The highest BCUT2D eigenvalue weighted by atomic mass is 16.5. The van der Waals surface area contributed by atoms with Gasteiger partial charge < -0.3 is 15.8 Å². The van der Waals surface area contributed by atoms with Crippen LogP contribution in [0.4, 0.5) is 0 Å². The number of nitrogens with one attached hydrogen (secondary N) is 1. The summed E-state index contributed by atoms with van der Waals surface area (Å²) in [6, 6.07) is 9.99. The first kappa shape index (κ1) is 14.0. The lowest BCUT2D eigenvalue weighted by molar-refractivity contribution is -0.134. The number of rotatable bonds is 5. The summed E-state index contributed by atoms with van der Waals surface area (Å²) in [7, 11) is 0. The van der Waals surface area contributed by atoms with Crippen LogP contribution in [0.5, 0.6) is 0 Å². The number of hydrogen-bond donors (Lipinski definition) is 2. The molecule has 0 aromatic heterocycles. The van der Waals surface area contributed by atoms with Crippen molar-refractivity contribution >= 4 is 5.91 Å². The molecule has 3 N–H and O–H groups in total. The molecule has 1 saturated heterocycles. The molecule has 2 unspecified atom stereocenters. The summed E-state index contributed by atoms with van der Waals surface area (Å²) in [5, 5.41) is 2.95. The number of carbonyl (C=O) groups is 1. The van der Waals surface area contributed by atoms with Crippen molar-refractivity contribution in [3.8, 4) is 0 Å². The lowest BCUT2D eigenvalue weighted by atomic mass is 9.89. The second kappa shape index (κ2) is 7.26. The minimum absolute atomic E-state index is 0.0852. The first-order valence-corrected chi connectivity index (χ1v) is 6.97. The lowest BCUT2D eigenvalue weighted by Crippen LogP contribution is -2.38. The van der Waals surface area contributed by atoms with Gasteiger partial charge in [-0.05, 0) is 31.4 Å². The van der Waals surface area contributed by atoms with Crippen LogP contribution >= 0.6 is 0 Å². The highest BCUT2D eigenvalue weighted by molar-refractivity contribution is 5.79. The van der Waals surface area contributed by atoms with Crippen molar-refractivity contribution in [1.29, 1.82) is 0 Å². The maximum absolute atomic E-state index is 12.2. The summed E-state index contributed by atoms with van der Waals surface area (Å²) >= 11 is 0. The Bertz CT molecular complexity index is 394. The summed E-state index contributed by atoms with van der Waals surface area (Å²) in [5.74, 6) is -0.00377. The highest BCUT2D eigenvalue weighted by Gasteiger charge is 2.32. The molecule has 0 aliphatic carbocycles. The van der Waals surface area contributed by atoms with Crippen LogP contribution < -0.4 is 11.1 Å². The molecule has 0 bridgehead atoms. The zero-order valence-electron chi connectivity index (χ0n) is 11.2. The molecular weight excluding hydrogens is 240 g/mol. The third-order valence-electron chi connectivity index (χ3n) is 3.47. The van der Waals surface area contributed by atoms with E-state index < -0.39 is 0 Å². The lowest BCUT2D eigenvalue weighted by Gasteiger charge is -2.31. The van der Waals surface area contributed by atoms with E-state index in [1.165, 1.54) is 0 Å². The number of carbonyl (C=O) groups excluding carboxylic acids is 1. The molecule has 19 heavy (non-hydrogen) atoms. The zero-order chi connectivity index (χ0) is 13.5. The van der Waals surface area contributed by atoms with Crippen LogP contribution in [0.2, 0.25) is 0 Å². The molecule has 104 valence electrons. The van der Waals surface area contributed by atoms with E-state index in [9.17, 15) is 4.79 Å². The molecule has 2 rings (SSSR count). The Morgan fingerprint density at radius 2 is 2.16 bits per heavy atom. The van der Waals surface area contributed by atoms with E-state index in [0.717, 1.165) is 31.4 Å². The standard InChI is InChI=1S/C15H22N2O2/c16-9-5-10-17-15(18)13-8-4-11-19-14(13)12-6-2-1-3-7-12/h1-3,6-7,13-14H,4-5,8-11,16H2,(H,17,18). The molecule has 1 amide bonds. The number of ether oxygens (including phenoxy) is 1. The number of hydrogen-bond acceptors (Lipinski definition) is 3. The van der Waals surface area contributed by atoms with Crippen molar-refractivity contribution in [2.45, 2.75) is 25.4 Å². The Hall–Kier alpha value is -1.39. The smallest absolute Gasteiger partial charge is 0.226 e. The molecule has 1 aromatic carbocycles. The molecule has 1 aliphatic heterocycles. The summed E-state index contributed by atoms with van der Waals surface area (Å²) in [6.07, 6.45) is 2.52. The predicted octanol–water partition coefficient (Wildman–Crippen LogP) is 1.62. The van der Waals surface area contributed by atoms with E-state index in [0.29, 0.717) is 13.1 Å². The third kappa shape index (κ3) is 3.78. The van der Waals surface area contributed by atoms with Crippen molar-refractivity contribution in [2.75, 3.05) is 19.7 Å². The van der Waals surface area contributed by atoms with Gasteiger partial charge in [0, 0.05) is 13.2 Å². The van der Waals surface area contributed by atoms with Gasteiger partial charge in [-0.15, -0.1) is 0 Å². The van der Waals surface area contributed by atoms with E-state index in [-0.39, 0.29) is 17.9 Å². The SMILES string of the molecule is NCCCNC(=O)C1CCCOC1c1ccccc1. The highest BCUT2D eigenvalue weighted by Crippen LogP contribution is 2.33. The molecule has 1 aromatic rings. The van der Waals surface area contributed by atoms with Gasteiger partial charge in [0.15, 0.2) is 0 Å². The van der Waals surface area contributed by atoms with Crippen LogP contribution in [0, 0.1) is 5.92 Å². The van der Waals surface area contributed by atoms with E-state index in [4.69, 9.17) is 10.5 Å². The molecule has 4 nitrogen and oxygen atoms in total. The molecule has 0 radical (unpaired) electrons. The van der Waals surface area contributed by atoms with Crippen LogP contribution in [-0.4, -0.2) is 25.6 Å². The van der Waals surface area contributed by atoms with Crippen molar-refractivity contribution in [3.63, 3.8) is 0 Å². The van der Waals surface area contributed by atoms with Crippen molar-refractivity contribution < 1.29 is 9.53 Å². The van der Waals surface area contributed by atoms with E-state index >= 15 is 0 Å². The second-order valence-corrected chi connectivity index (χ2v) is 4.88. The summed E-state index contributed by atoms with van der Waals surface area (Å²) in [4.78, 5) is 12.2. The molecule has 1 heterocycles. The van der Waals surface area contributed by atoms with Gasteiger partial charge in [-0.1, -0.05) is 30.3 Å². The Morgan fingerprint density at radius 1 is 1.37 bits per heavy atom. The normalized spacial score (nSPS) is 23.0. The fourth-order valence-electron chi connectivity index (χ4n) is 2.47. The van der Waals surface area contributed by atoms with Gasteiger partial charge in [0.05, 0.1) is 12.0 Å². The molecular formula is C15H22N2O2. The minimum Gasteiger partial charge on any atom is -0.373 e. The maximum Gasteiger partial charge on any atom is 0.226 e. The summed E-state index contributed by atoms with van der Waals surface area (Å²) in [5.41, 5.74) is 6.52. The van der Waals surface area contributed by atoms with E-state index in [1.54, 1.807) is 0 Å². The molecule has 1 aliphatic rings. The van der Waals surface area contributed by atoms with Gasteiger partial charge in [-0.3, -0.25) is 4.79 Å². The van der Waals surface area contributed by atoms with Crippen molar-refractivity contribution in [2.24, 2.45) is 11.7 Å². The van der Waals surface area contributed by atoms with Crippen LogP contribution in [0.15, 0.2) is 30.3 Å². The third-order valence-corrected chi connectivity index (χ3v) is 3.47. The number of amides is 1. The van der Waals surface area contributed by atoms with Crippen LogP contribution in [0.3, 0.4) is 0 Å². The van der Waals surface area contributed by atoms with Crippen molar-refractivity contribution in [3.05, 3.63) is 35.9 Å². The first-order valence-electron chi connectivity index (χ1n) is 6.97. The average Bonchev–Trinajstić information content (AvgIpc) is 2.48. The van der Waals surface area contributed by atoms with Crippen molar-refractivity contribution in [1.82, 2.24) is 5.32 Å². The largest absolute Gasteiger partial charge is 0.373 e. The summed E-state index contributed by atoms with van der Waals surface area (Å²) < 4.78 is 5.82. The topological polar surface area (TPSA) is 64.3 Å². The van der Waals surface area contributed by atoms with Crippen LogP contribution in [-0.2, 0) is 9.53 Å². The molecule has 4 heteroatoms. The van der Waals surface area contributed by atoms with E-state index in [2.05, 4.69) is 5.32 Å². The quantitative estimate of drug-likeness (QED) is 0.793. The number of benzene rings is 1. The van der Waals surface area contributed by atoms with Gasteiger partial charge in [0.2, 0.25) is 5.91 Å². The Morgan fingerprint density at radius 3 is 2.89 bits per heavy atom. The van der Waals surface area contributed by atoms with Crippen LogP contribution in [0.1, 0.15) is 30.9 Å². The molecule has 0 saturated carbocycles. The molecule has 2 atom stereocenters. The van der Waals surface area contributed by atoms with E-state index in [1.807, 2.05) is 30.3 Å². The fourth-order valence-corrected chi connectivity index (χ4v) is 2.47. The Labute approximate surface area is 114 Å². The molecule has 1 fully saturated rings. The Balaban J connectivity index is 2.01. The van der Waals surface area contributed by atoms with Crippen LogP contribution in [0.25, 0.3) is 0 Å². The van der Waals surface area contributed by atoms with Gasteiger partial charge in [-0.25, -0.2) is 0 Å². The van der Waals surface area contributed by atoms with Gasteiger partial charge in [0.25, 0.3) is 0 Å². The summed E-state index contributed by atoms with van der Waals surface area (Å²) in [6.45, 7) is 1.98. The monoisotopic (exact) mass is 262 g/mol. The number of nitrogens with two attached hydrogens (primary N) is 1. The Kier molecular flexibility index (Phi) is 5.36. The van der Waals surface area contributed by atoms with Gasteiger partial charge >= 0.3 is 0 Å². The second-order valence-electron chi connectivity index (χ2n) is 4.88. The maximum atomic E-state index is 12.2. The predicted molar refractivity (Wildman–Crippen MR) is 74.5 cm³/mol. The zero-order valence-corrected chi connectivity index (χ0v) is 11.2. The minimum atomic E-state index is -0.118. The molecule has 0 spiro atoms. The first-order chi connectivity index (χ1) is 9.33.